The Morgan fingerprint density at radius 2 is 2.27 bits per heavy atom. The molecule has 0 aliphatic heterocycles. The van der Waals surface area contributed by atoms with Gasteiger partial charge in [0, 0.05) is 17.9 Å². The van der Waals surface area contributed by atoms with E-state index in [1.54, 1.807) is 6.07 Å². The fourth-order valence-corrected chi connectivity index (χ4v) is 1.72. The Bertz CT molecular complexity index is 388. The largest absolute Gasteiger partial charge is 0.398 e. The lowest BCUT2D eigenvalue weighted by atomic mass is 9.85. The van der Waals surface area contributed by atoms with Crippen LogP contribution in [0.5, 0.6) is 0 Å². The van der Waals surface area contributed by atoms with Gasteiger partial charge in [0.25, 0.3) is 0 Å². The molecule has 0 atom stereocenters. The van der Waals surface area contributed by atoms with Crippen LogP contribution in [0.4, 0.5) is 11.4 Å². The Morgan fingerprint density at radius 3 is 2.87 bits per heavy atom. The zero-order valence-electron chi connectivity index (χ0n) is 8.66. The number of rotatable bonds is 3. The van der Waals surface area contributed by atoms with Crippen LogP contribution in [0.25, 0.3) is 0 Å². The van der Waals surface area contributed by atoms with Crippen molar-refractivity contribution in [3.8, 4) is 6.07 Å². The van der Waals surface area contributed by atoms with Gasteiger partial charge in [0.15, 0.2) is 0 Å². The molecule has 3 nitrogen and oxygen atoms in total. The summed E-state index contributed by atoms with van der Waals surface area (Å²) in [5, 5.41) is 12.2. The molecule has 0 amide bonds. The molecule has 0 aromatic heterocycles. The summed E-state index contributed by atoms with van der Waals surface area (Å²) < 4.78 is 0. The van der Waals surface area contributed by atoms with Crippen molar-refractivity contribution in [1.82, 2.24) is 0 Å². The number of nitriles is 1. The fourth-order valence-electron chi connectivity index (χ4n) is 1.72. The summed E-state index contributed by atoms with van der Waals surface area (Å²) in [6.45, 7) is 1.01. The molecule has 1 saturated carbocycles. The highest BCUT2D eigenvalue weighted by Crippen LogP contribution is 2.26. The zero-order valence-corrected chi connectivity index (χ0v) is 8.66. The molecular formula is C12H15N3. The molecule has 0 bridgehead atoms. The van der Waals surface area contributed by atoms with E-state index in [1.807, 2.05) is 12.1 Å². The highest BCUT2D eigenvalue weighted by Gasteiger charge is 2.16. The highest BCUT2D eigenvalue weighted by molar-refractivity contribution is 5.61. The van der Waals surface area contributed by atoms with Crippen molar-refractivity contribution in [2.45, 2.75) is 19.3 Å². The molecule has 1 aromatic rings. The van der Waals surface area contributed by atoms with E-state index in [1.165, 1.54) is 19.3 Å². The van der Waals surface area contributed by atoms with Crippen LogP contribution in [0.15, 0.2) is 18.2 Å². The van der Waals surface area contributed by atoms with Gasteiger partial charge >= 0.3 is 0 Å². The summed E-state index contributed by atoms with van der Waals surface area (Å²) in [6, 6.07) is 7.60. The topological polar surface area (TPSA) is 61.8 Å². The maximum Gasteiger partial charge on any atom is 0.101 e. The van der Waals surface area contributed by atoms with Gasteiger partial charge in [-0.3, -0.25) is 0 Å². The van der Waals surface area contributed by atoms with E-state index in [4.69, 9.17) is 11.0 Å². The van der Waals surface area contributed by atoms with Crippen LogP contribution in [-0.4, -0.2) is 6.54 Å². The quantitative estimate of drug-likeness (QED) is 0.738. The van der Waals surface area contributed by atoms with Gasteiger partial charge in [0.2, 0.25) is 0 Å². The second-order valence-electron chi connectivity index (χ2n) is 4.09. The Morgan fingerprint density at radius 1 is 1.47 bits per heavy atom. The SMILES string of the molecule is N#Cc1cc(NCC2CCC2)ccc1N. The van der Waals surface area contributed by atoms with Crippen molar-refractivity contribution in [2.24, 2.45) is 5.92 Å². The van der Waals surface area contributed by atoms with Gasteiger partial charge in [-0.05, 0) is 37.0 Å². The molecule has 15 heavy (non-hydrogen) atoms. The lowest BCUT2D eigenvalue weighted by Gasteiger charge is -2.25. The molecule has 1 aromatic carbocycles. The number of benzene rings is 1. The van der Waals surface area contributed by atoms with Crippen LogP contribution in [0.1, 0.15) is 24.8 Å². The minimum atomic E-state index is 0.548. The van der Waals surface area contributed by atoms with Crippen molar-refractivity contribution in [2.75, 3.05) is 17.6 Å². The summed E-state index contributed by atoms with van der Waals surface area (Å²) in [6.07, 6.45) is 4.01. The molecule has 2 rings (SSSR count). The van der Waals surface area contributed by atoms with Crippen LogP contribution in [0, 0.1) is 17.2 Å². The number of nitrogens with one attached hydrogen (secondary N) is 1. The number of hydrogen-bond donors (Lipinski definition) is 2. The average molecular weight is 201 g/mol. The Labute approximate surface area is 89.9 Å². The fraction of sp³-hybridized carbons (Fsp3) is 0.417. The monoisotopic (exact) mass is 201 g/mol. The predicted molar refractivity (Wildman–Crippen MR) is 61.4 cm³/mol. The Kier molecular flexibility index (Phi) is 2.77. The van der Waals surface area contributed by atoms with E-state index in [0.717, 1.165) is 18.2 Å². The van der Waals surface area contributed by atoms with E-state index in [9.17, 15) is 0 Å². The summed E-state index contributed by atoms with van der Waals surface area (Å²) in [7, 11) is 0. The molecular weight excluding hydrogens is 186 g/mol. The van der Waals surface area contributed by atoms with Crippen LogP contribution in [0.2, 0.25) is 0 Å². The molecule has 1 fully saturated rings. The van der Waals surface area contributed by atoms with E-state index in [-0.39, 0.29) is 0 Å². The van der Waals surface area contributed by atoms with Gasteiger partial charge in [-0.25, -0.2) is 0 Å². The average Bonchev–Trinajstić information content (AvgIpc) is 2.18. The molecule has 3 N–H and O–H groups in total. The summed E-state index contributed by atoms with van der Waals surface area (Å²) in [5.41, 5.74) is 7.73. The van der Waals surface area contributed by atoms with Gasteiger partial charge in [-0.15, -0.1) is 0 Å². The molecule has 0 radical (unpaired) electrons. The zero-order chi connectivity index (χ0) is 10.7. The second-order valence-corrected chi connectivity index (χ2v) is 4.09. The summed E-state index contributed by atoms with van der Waals surface area (Å²) in [5.74, 6) is 0.813. The first-order valence-corrected chi connectivity index (χ1v) is 5.33. The first kappa shape index (κ1) is 9.85. The van der Waals surface area contributed by atoms with Gasteiger partial charge in [-0.2, -0.15) is 5.26 Å². The Balaban J connectivity index is 1.99. The molecule has 0 heterocycles. The van der Waals surface area contributed by atoms with E-state index in [0.29, 0.717) is 11.3 Å². The van der Waals surface area contributed by atoms with Crippen LogP contribution < -0.4 is 11.1 Å². The molecule has 0 unspecified atom stereocenters. The van der Waals surface area contributed by atoms with Crippen molar-refractivity contribution in [3.05, 3.63) is 23.8 Å². The molecule has 0 spiro atoms. The maximum absolute atomic E-state index is 8.82. The molecule has 3 heteroatoms. The second kappa shape index (κ2) is 4.22. The standard InChI is InChI=1S/C12H15N3/c13-7-10-6-11(4-5-12(10)14)15-8-9-2-1-3-9/h4-6,9,15H,1-3,8,14H2. The van der Waals surface area contributed by atoms with Gasteiger partial charge in [0.05, 0.1) is 5.56 Å². The van der Waals surface area contributed by atoms with Gasteiger partial charge in [0.1, 0.15) is 6.07 Å². The number of nitrogens with two attached hydrogens (primary N) is 1. The van der Waals surface area contributed by atoms with Crippen molar-refractivity contribution < 1.29 is 0 Å². The third-order valence-corrected chi connectivity index (χ3v) is 2.99. The number of nitrogen functional groups attached to an aromatic ring is 1. The van der Waals surface area contributed by atoms with E-state index in [2.05, 4.69) is 11.4 Å². The molecule has 0 saturated heterocycles. The maximum atomic E-state index is 8.82. The summed E-state index contributed by atoms with van der Waals surface area (Å²) in [4.78, 5) is 0. The minimum absolute atomic E-state index is 0.548. The molecule has 78 valence electrons. The number of nitrogens with zero attached hydrogens (tertiary/aromatic N) is 1. The van der Waals surface area contributed by atoms with Gasteiger partial charge < -0.3 is 11.1 Å². The summed E-state index contributed by atoms with van der Waals surface area (Å²) >= 11 is 0. The van der Waals surface area contributed by atoms with E-state index >= 15 is 0 Å². The van der Waals surface area contributed by atoms with Crippen LogP contribution >= 0.6 is 0 Å². The first-order valence-electron chi connectivity index (χ1n) is 5.33. The molecule has 1 aliphatic rings. The minimum Gasteiger partial charge on any atom is -0.398 e. The highest BCUT2D eigenvalue weighted by atomic mass is 14.9. The van der Waals surface area contributed by atoms with Crippen molar-refractivity contribution in [3.63, 3.8) is 0 Å². The van der Waals surface area contributed by atoms with Crippen molar-refractivity contribution >= 4 is 11.4 Å². The van der Waals surface area contributed by atoms with E-state index < -0.39 is 0 Å². The number of anilines is 2. The smallest absolute Gasteiger partial charge is 0.101 e. The third-order valence-electron chi connectivity index (χ3n) is 2.99. The first-order chi connectivity index (χ1) is 7.29. The normalized spacial score (nSPS) is 15.4. The Hall–Kier alpha value is -1.69. The van der Waals surface area contributed by atoms with Crippen LogP contribution in [-0.2, 0) is 0 Å². The lowest BCUT2D eigenvalue weighted by molar-refractivity contribution is 0.333. The van der Waals surface area contributed by atoms with Gasteiger partial charge in [-0.1, -0.05) is 6.42 Å². The van der Waals surface area contributed by atoms with Crippen molar-refractivity contribution in [1.29, 1.82) is 5.26 Å². The third kappa shape index (κ3) is 2.21. The lowest BCUT2D eigenvalue weighted by Crippen LogP contribution is -2.20. The predicted octanol–water partition coefficient (Wildman–Crippen LogP) is 2.35. The molecule has 1 aliphatic carbocycles. The number of hydrogen-bond acceptors (Lipinski definition) is 3. The van der Waals surface area contributed by atoms with Crippen LogP contribution in [0.3, 0.4) is 0 Å².